The van der Waals surface area contributed by atoms with Crippen molar-refractivity contribution in [2.75, 3.05) is 7.11 Å². The molecule has 1 aromatic carbocycles. The summed E-state index contributed by atoms with van der Waals surface area (Å²) in [5, 5.41) is 0. The van der Waals surface area contributed by atoms with Crippen LogP contribution in [0.1, 0.15) is 17.2 Å². The highest BCUT2D eigenvalue weighted by molar-refractivity contribution is 5.77. The molecule has 2 N–H and O–H groups in total. The summed E-state index contributed by atoms with van der Waals surface area (Å²) >= 11 is 0. The number of benzene rings is 1. The van der Waals surface area contributed by atoms with Gasteiger partial charge in [-0.1, -0.05) is 17.7 Å². The van der Waals surface area contributed by atoms with Crippen molar-refractivity contribution in [3.05, 3.63) is 35.1 Å². The molecule has 0 aromatic heterocycles. The molecule has 0 saturated carbocycles. The van der Waals surface area contributed by atoms with Gasteiger partial charge in [0.15, 0.2) is 0 Å². The molecule has 1 rings (SSSR count). The van der Waals surface area contributed by atoms with Gasteiger partial charge in [0.1, 0.15) is 11.9 Å². The van der Waals surface area contributed by atoms with E-state index in [0.29, 0.717) is 0 Å². The molecule has 0 saturated heterocycles. The Bertz CT molecular complexity index is 352. The maximum Gasteiger partial charge on any atom is 0.327 e. The molecule has 0 fully saturated rings. The van der Waals surface area contributed by atoms with Gasteiger partial charge in [0.2, 0.25) is 0 Å². The summed E-state index contributed by atoms with van der Waals surface area (Å²) < 4.78 is 17.7. The summed E-state index contributed by atoms with van der Waals surface area (Å²) in [5.74, 6) is -1.14. The number of hydrogen-bond donors (Lipinski definition) is 1. The van der Waals surface area contributed by atoms with Crippen molar-refractivity contribution in [3.63, 3.8) is 0 Å². The highest BCUT2D eigenvalue weighted by Crippen LogP contribution is 2.17. The SMILES string of the molecule is COC(=O)C(N)c1cc(C)ccc1F. The van der Waals surface area contributed by atoms with E-state index in [2.05, 4.69) is 4.74 Å². The van der Waals surface area contributed by atoms with Crippen molar-refractivity contribution in [2.45, 2.75) is 13.0 Å². The first-order valence-electron chi connectivity index (χ1n) is 4.15. The highest BCUT2D eigenvalue weighted by atomic mass is 19.1. The normalized spacial score (nSPS) is 12.3. The molecule has 0 aliphatic rings. The average Bonchev–Trinajstić information content (AvgIpc) is 2.19. The number of methoxy groups -OCH3 is 1. The maximum absolute atomic E-state index is 13.2. The number of esters is 1. The third kappa shape index (κ3) is 2.09. The molecular weight excluding hydrogens is 185 g/mol. The predicted molar refractivity (Wildman–Crippen MR) is 50.1 cm³/mol. The number of ether oxygens (including phenoxy) is 1. The fraction of sp³-hybridized carbons (Fsp3) is 0.300. The van der Waals surface area contributed by atoms with Gasteiger partial charge in [-0.25, -0.2) is 4.39 Å². The second-order valence-corrected chi connectivity index (χ2v) is 3.03. The zero-order valence-electron chi connectivity index (χ0n) is 8.08. The van der Waals surface area contributed by atoms with Crippen LogP contribution in [0, 0.1) is 12.7 Å². The Morgan fingerprint density at radius 3 is 2.79 bits per heavy atom. The fourth-order valence-electron chi connectivity index (χ4n) is 1.16. The zero-order valence-corrected chi connectivity index (χ0v) is 8.08. The molecule has 0 bridgehead atoms. The molecule has 0 radical (unpaired) electrons. The van der Waals surface area contributed by atoms with Crippen molar-refractivity contribution in [1.29, 1.82) is 0 Å². The van der Waals surface area contributed by atoms with Gasteiger partial charge in [-0.15, -0.1) is 0 Å². The number of nitrogens with two attached hydrogens (primary N) is 1. The summed E-state index contributed by atoms with van der Waals surface area (Å²) in [6.45, 7) is 1.80. The second-order valence-electron chi connectivity index (χ2n) is 3.03. The molecule has 1 atom stereocenters. The van der Waals surface area contributed by atoms with Crippen LogP contribution in [-0.4, -0.2) is 13.1 Å². The summed E-state index contributed by atoms with van der Waals surface area (Å²) in [6, 6.07) is 3.38. The van der Waals surface area contributed by atoms with Gasteiger partial charge in [-0.3, -0.25) is 4.79 Å². The van der Waals surface area contributed by atoms with E-state index in [1.807, 2.05) is 0 Å². The quantitative estimate of drug-likeness (QED) is 0.727. The summed E-state index contributed by atoms with van der Waals surface area (Å²) in [5.41, 5.74) is 6.52. The molecule has 0 aliphatic carbocycles. The summed E-state index contributed by atoms with van der Waals surface area (Å²) in [7, 11) is 1.22. The molecule has 76 valence electrons. The fourth-order valence-corrected chi connectivity index (χ4v) is 1.16. The van der Waals surface area contributed by atoms with Crippen molar-refractivity contribution >= 4 is 5.97 Å². The molecule has 1 aromatic rings. The number of aryl methyl sites for hydroxylation is 1. The van der Waals surface area contributed by atoms with Crippen molar-refractivity contribution in [2.24, 2.45) is 5.73 Å². The van der Waals surface area contributed by atoms with Crippen LogP contribution >= 0.6 is 0 Å². The Morgan fingerprint density at radius 1 is 1.57 bits per heavy atom. The van der Waals surface area contributed by atoms with Crippen LogP contribution < -0.4 is 5.73 Å². The lowest BCUT2D eigenvalue weighted by Crippen LogP contribution is -2.23. The van der Waals surface area contributed by atoms with Gasteiger partial charge < -0.3 is 10.5 Å². The molecular formula is C10H12FNO2. The first kappa shape index (κ1) is 10.7. The number of carbonyl (C=O) groups excluding carboxylic acids is 1. The van der Waals surface area contributed by atoms with Crippen LogP contribution in [0.15, 0.2) is 18.2 Å². The standard InChI is InChI=1S/C10H12FNO2/c1-6-3-4-8(11)7(5-6)9(12)10(13)14-2/h3-5,9H,12H2,1-2H3. The molecule has 0 spiro atoms. The van der Waals surface area contributed by atoms with Crippen LogP contribution in [0.4, 0.5) is 4.39 Å². The highest BCUT2D eigenvalue weighted by Gasteiger charge is 2.19. The Kier molecular flexibility index (Phi) is 3.19. The van der Waals surface area contributed by atoms with Gasteiger partial charge in [-0.2, -0.15) is 0 Å². The number of halogens is 1. The monoisotopic (exact) mass is 197 g/mol. The van der Waals surface area contributed by atoms with Crippen molar-refractivity contribution < 1.29 is 13.9 Å². The van der Waals surface area contributed by atoms with E-state index in [9.17, 15) is 9.18 Å². The van der Waals surface area contributed by atoms with Crippen LogP contribution in [0.25, 0.3) is 0 Å². The largest absolute Gasteiger partial charge is 0.468 e. The second kappa shape index (κ2) is 4.19. The Hall–Kier alpha value is -1.42. The van der Waals surface area contributed by atoms with Gasteiger partial charge in [0.25, 0.3) is 0 Å². The summed E-state index contributed by atoms with van der Waals surface area (Å²) in [4.78, 5) is 11.1. The lowest BCUT2D eigenvalue weighted by atomic mass is 10.0. The lowest BCUT2D eigenvalue weighted by molar-refractivity contribution is -0.142. The number of rotatable bonds is 2. The van der Waals surface area contributed by atoms with E-state index in [0.717, 1.165) is 5.56 Å². The molecule has 4 heteroatoms. The maximum atomic E-state index is 13.2. The third-order valence-corrected chi connectivity index (χ3v) is 1.94. The first-order chi connectivity index (χ1) is 6.56. The Balaban J connectivity index is 3.05. The van der Waals surface area contributed by atoms with Gasteiger partial charge in [0.05, 0.1) is 7.11 Å². The molecule has 0 heterocycles. The minimum Gasteiger partial charge on any atom is -0.468 e. The molecule has 3 nitrogen and oxygen atoms in total. The first-order valence-corrected chi connectivity index (χ1v) is 4.15. The number of hydrogen-bond acceptors (Lipinski definition) is 3. The topological polar surface area (TPSA) is 52.3 Å². The van der Waals surface area contributed by atoms with Crippen molar-refractivity contribution in [1.82, 2.24) is 0 Å². The van der Waals surface area contributed by atoms with Crippen LogP contribution in [-0.2, 0) is 9.53 Å². The zero-order chi connectivity index (χ0) is 10.7. The van der Waals surface area contributed by atoms with E-state index >= 15 is 0 Å². The molecule has 0 aliphatic heterocycles. The van der Waals surface area contributed by atoms with Crippen LogP contribution in [0.2, 0.25) is 0 Å². The van der Waals surface area contributed by atoms with Gasteiger partial charge in [0, 0.05) is 5.56 Å². The smallest absolute Gasteiger partial charge is 0.327 e. The van der Waals surface area contributed by atoms with E-state index in [1.54, 1.807) is 13.0 Å². The van der Waals surface area contributed by atoms with Gasteiger partial charge >= 0.3 is 5.97 Å². The minimum absolute atomic E-state index is 0.164. The molecule has 1 unspecified atom stereocenters. The van der Waals surface area contributed by atoms with E-state index in [-0.39, 0.29) is 5.56 Å². The number of carbonyl (C=O) groups is 1. The van der Waals surface area contributed by atoms with E-state index in [1.165, 1.54) is 19.2 Å². The van der Waals surface area contributed by atoms with Crippen LogP contribution in [0.5, 0.6) is 0 Å². The molecule has 0 amide bonds. The molecule has 14 heavy (non-hydrogen) atoms. The summed E-state index contributed by atoms with van der Waals surface area (Å²) in [6.07, 6.45) is 0. The lowest BCUT2D eigenvalue weighted by Gasteiger charge is -2.10. The van der Waals surface area contributed by atoms with Gasteiger partial charge in [-0.05, 0) is 13.0 Å². The predicted octanol–water partition coefficient (Wildman–Crippen LogP) is 1.31. The van der Waals surface area contributed by atoms with E-state index in [4.69, 9.17) is 5.73 Å². The third-order valence-electron chi connectivity index (χ3n) is 1.94. The minimum atomic E-state index is -1.06. The average molecular weight is 197 g/mol. The van der Waals surface area contributed by atoms with Crippen LogP contribution in [0.3, 0.4) is 0 Å². The van der Waals surface area contributed by atoms with Crippen molar-refractivity contribution in [3.8, 4) is 0 Å². The Morgan fingerprint density at radius 2 is 2.21 bits per heavy atom. The van der Waals surface area contributed by atoms with E-state index < -0.39 is 17.8 Å². The Labute approximate surface area is 81.7 Å².